The molecule has 24 nitrogen and oxygen atoms in total. The maximum absolute atomic E-state index is 8.03. The number of imidazole rings is 4. The van der Waals surface area contributed by atoms with Gasteiger partial charge in [-0.2, -0.15) is 28.4 Å². The van der Waals surface area contributed by atoms with E-state index in [4.69, 9.17) is 12.6 Å². The molecule has 104 heavy (non-hydrogen) atoms. The van der Waals surface area contributed by atoms with Gasteiger partial charge in [0.1, 0.15) is 40.9 Å². The van der Waals surface area contributed by atoms with Gasteiger partial charge in [-0.3, -0.25) is 29.9 Å². The summed E-state index contributed by atoms with van der Waals surface area (Å²) < 4.78 is 81.0. The fraction of sp³-hybridized carbons (Fsp3) is 0.101. The molecule has 0 saturated heterocycles. The molecule has 0 amide bonds. The first-order valence-corrected chi connectivity index (χ1v) is 34.6. The molecule has 25 heterocycles. The zero-order valence-electron chi connectivity index (χ0n) is 61.2. The van der Waals surface area contributed by atoms with E-state index in [-0.39, 0.29) is 0 Å². The topological polar surface area (TPSA) is 199 Å². The SMILES string of the molecule is C[n+]1c2n(c3cc4cccnn4c31)Cc1ccncc1-2.[2H]C([2H])([2H])[n+]1c2n(c3cc4cccnn4c31)Cc1ccncc1-2.[2H]C([2H])([2H])n1c2[n+](c3sc4cccnc4c31)Cc1ccncc1-2.c1ccc(-n2c3[n+](c4cc5cccnn5c42)Cc2ccncc2-3)cc1.c1cnn2c(c1)cc1c2oc2[n+]1Cc1ccncc1-2. The largest absolute Gasteiger partial charge is 0.385 e. The Morgan fingerprint density at radius 1 is 0.452 bits per heavy atom. The summed E-state index contributed by atoms with van der Waals surface area (Å²) in [4.78, 5) is 26.5. The van der Waals surface area contributed by atoms with E-state index in [9.17, 15) is 0 Å². The quantitative estimate of drug-likeness (QED) is 0.142. The summed E-state index contributed by atoms with van der Waals surface area (Å²) in [7, 11) is 2.09. The molecule has 1 aromatic carbocycles. The normalized spacial score (nSPS) is 14.0. The van der Waals surface area contributed by atoms with E-state index in [0.29, 0.717) is 35.9 Å². The molecule has 25 heteroatoms. The van der Waals surface area contributed by atoms with Crippen LogP contribution in [-0.4, -0.2) is 86.6 Å². The van der Waals surface area contributed by atoms with Crippen LogP contribution in [-0.2, 0) is 53.7 Å². The molecular formula is C79H58N23OS+5. The van der Waals surface area contributed by atoms with Gasteiger partial charge in [0.15, 0.2) is 23.1 Å². The van der Waals surface area contributed by atoms with Gasteiger partial charge in [0.2, 0.25) is 22.0 Å². The highest BCUT2D eigenvalue weighted by Crippen LogP contribution is 2.40. The van der Waals surface area contributed by atoms with Crippen LogP contribution in [0, 0.1) is 0 Å². The number of aromatic nitrogens is 23. The minimum absolute atomic E-state index is 0.588. The van der Waals surface area contributed by atoms with E-state index in [1.807, 2.05) is 147 Å². The Morgan fingerprint density at radius 3 is 1.60 bits per heavy atom. The predicted molar refractivity (Wildman–Crippen MR) is 389 cm³/mol. The molecule has 0 fully saturated rings. The molecule has 5 aliphatic rings. The number of para-hydroxylation sites is 1. The molecule has 21 aromatic rings. The Bertz CT molecular complexity index is 7260. The van der Waals surface area contributed by atoms with Crippen molar-refractivity contribution in [2.24, 2.45) is 21.0 Å². The molecule has 0 bridgehead atoms. The maximum atomic E-state index is 8.03. The highest BCUT2D eigenvalue weighted by atomic mass is 32.1. The fourth-order valence-electron chi connectivity index (χ4n) is 16.1. The van der Waals surface area contributed by atoms with Crippen molar-refractivity contribution < 1.29 is 35.5 Å². The van der Waals surface area contributed by atoms with E-state index < -0.39 is 14.0 Å². The van der Waals surface area contributed by atoms with Gasteiger partial charge in [-0.1, -0.05) is 29.5 Å². The number of thiophene rings is 1. The van der Waals surface area contributed by atoms with Crippen molar-refractivity contribution >= 4 is 98.7 Å². The lowest BCUT2D eigenvalue weighted by Crippen LogP contribution is -2.31. The van der Waals surface area contributed by atoms with E-state index in [1.54, 1.807) is 59.2 Å². The lowest BCUT2D eigenvalue weighted by molar-refractivity contribution is -0.649. The zero-order chi connectivity index (χ0) is 73.6. The van der Waals surface area contributed by atoms with Crippen molar-refractivity contribution in [3.05, 3.63) is 266 Å². The average molecular weight is 1380 g/mol. The van der Waals surface area contributed by atoms with E-state index in [0.717, 1.165) is 124 Å². The van der Waals surface area contributed by atoms with Gasteiger partial charge in [-0.15, -0.1) is 19.2 Å². The first-order chi connectivity index (χ1) is 53.8. The van der Waals surface area contributed by atoms with Crippen LogP contribution in [0.3, 0.4) is 0 Å². The number of hydrogen-bond acceptors (Lipinski definition) is 12. The van der Waals surface area contributed by atoms with Crippen LogP contribution in [0.4, 0.5) is 0 Å². The van der Waals surface area contributed by atoms with Gasteiger partial charge in [-0.05, 0) is 103 Å². The molecule has 26 rings (SSSR count). The summed E-state index contributed by atoms with van der Waals surface area (Å²) in [5.74, 6) is 4.60. The van der Waals surface area contributed by atoms with Crippen molar-refractivity contribution in [3.8, 4) is 62.7 Å². The molecule has 20 aromatic heterocycles. The second kappa shape index (κ2) is 22.1. The Balaban J connectivity index is 0.0000000850. The van der Waals surface area contributed by atoms with Crippen molar-refractivity contribution in [2.45, 2.75) is 32.7 Å². The second-order valence-corrected chi connectivity index (χ2v) is 27.2. The van der Waals surface area contributed by atoms with E-state index in [1.165, 1.54) is 59.6 Å². The lowest BCUT2D eigenvalue weighted by Gasteiger charge is -2.02. The first-order valence-electron chi connectivity index (χ1n) is 36.8. The summed E-state index contributed by atoms with van der Waals surface area (Å²) in [5, 5.41) is 17.7. The third-order valence-corrected chi connectivity index (χ3v) is 21.7. The van der Waals surface area contributed by atoms with Crippen LogP contribution in [0.5, 0.6) is 0 Å². The Hall–Kier alpha value is -13.8. The highest BCUT2D eigenvalue weighted by molar-refractivity contribution is 7.25. The molecule has 0 saturated carbocycles. The molecule has 0 N–H and O–H groups in total. The third kappa shape index (κ3) is 8.30. The molecule has 0 aliphatic carbocycles. The van der Waals surface area contributed by atoms with Crippen LogP contribution in [0.2, 0.25) is 0 Å². The van der Waals surface area contributed by atoms with Gasteiger partial charge >= 0.3 is 5.89 Å². The average Bonchev–Trinajstić information content (AvgIpc) is 1.56. The van der Waals surface area contributed by atoms with Gasteiger partial charge < -0.3 is 4.42 Å². The molecule has 0 atom stereocenters. The van der Waals surface area contributed by atoms with E-state index in [2.05, 4.69) is 151 Å². The standard InChI is InChI=1S/C20H14N5.2C15H12N5.C15H11N4S.C14H9N4O/c1-2-5-15(6-3-1)24-19-17-12-21-10-8-14(17)13-23(19)18-11-16-7-4-9-22-25(16)20(18)24;2*1-18-14-12-8-16-6-4-10(12)9-19(14)13-7-11-3-2-5-17-20(11)15(13)18;1-18-13-12-11(3-2-5-17-12)20-15(13)19-8-9-4-6-16-7-10(9)14(18)19;1-2-10-6-12-14(18(10)16-4-1)19-13-11-7-15-5-3-9(11)8-17(12)13/h1-12H,13H2;2*2-8H,9H2,1H3;2-7H,8H2,1H3;1-7H,8H2/q5*+1/i;1D3;;1D3;. The highest BCUT2D eigenvalue weighted by Gasteiger charge is 2.41. The van der Waals surface area contributed by atoms with Gasteiger partial charge in [0.05, 0.1) is 92.7 Å². The summed E-state index contributed by atoms with van der Waals surface area (Å²) in [5.41, 5.74) is 25.9. The number of pyridine rings is 6. The van der Waals surface area contributed by atoms with Crippen molar-refractivity contribution in [3.63, 3.8) is 0 Å². The minimum atomic E-state index is -2.30. The summed E-state index contributed by atoms with van der Waals surface area (Å²) in [6, 6.07) is 48.8. The Morgan fingerprint density at radius 2 is 0.962 bits per heavy atom. The van der Waals surface area contributed by atoms with Crippen LogP contribution in [0.25, 0.3) is 150 Å². The number of oxazole rings is 1. The first kappa shape index (κ1) is 52.2. The van der Waals surface area contributed by atoms with Gasteiger partial charge in [0, 0.05) is 133 Å². The van der Waals surface area contributed by atoms with Crippen LogP contribution in [0.15, 0.2) is 243 Å². The molecule has 0 unspecified atom stereocenters. The number of fused-ring (bicyclic) bond motifs is 35. The predicted octanol–water partition coefficient (Wildman–Crippen LogP) is 10.4. The van der Waals surface area contributed by atoms with Crippen molar-refractivity contribution in [1.82, 2.24) is 86.6 Å². The fourth-order valence-corrected chi connectivity index (χ4v) is 17.2. The Kier molecular flexibility index (Phi) is 11.1. The Labute approximate surface area is 600 Å². The number of hydrogen-bond donors (Lipinski definition) is 0. The zero-order valence-corrected chi connectivity index (χ0v) is 56.0. The number of benzene rings is 1. The smallest absolute Gasteiger partial charge is 0.378 e. The monoisotopic (exact) mass is 1380 g/mol. The molecular weight excluding hydrogens is 1320 g/mol. The van der Waals surface area contributed by atoms with E-state index >= 15 is 0 Å². The van der Waals surface area contributed by atoms with Crippen LogP contribution >= 0.6 is 11.3 Å². The van der Waals surface area contributed by atoms with Crippen LogP contribution in [0.1, 0.15) is 36.0 Å². The molecule has 5 aliphatic heterocycles. The summed E-state index contributed by atoms with van der Waals surface area (Å²) in [6.07, 6.45) is 27.1. The maximum Gasteiger partial charge on any atom is 0.385 e. The minimum Gasteiger partial charge on any atom is -0.378 e. The number of rotatable bonds is 1. The molecule has 496 valence electrons. The van der Waals surface area contributed by atoms with Gasteiger partial charge in [0.25, 0.3) is 39.8 Å². The second-order valence-electron chi connectivity index (χ2n) is 26.1. The molecule has 0 radical (unpaired) electrons. The van der Waals surface area contributed by atoms with Crippen molar-refractivity contribution in [1.29, 1.82) is 0 Å². The third-order valence-electron chi connectivity index (χ3n) is 20.6. The lowest BCUT2D eigenvalue weighted by atomic mass is 10.2. The summed E-state index contributed by atoms with van der Waals surface area (Å²) in [6.45, 7) is -0.675. The number of nitrogens with zero attached hydrogens (tertiary/aromatic N) is 23. The molecule has 0 spiro atoms. The van der Waals surface area contributed by atoms with Crippen molar-refractivity contribution in [2.75, 3.05) is 0 Å². The van der Waals surface area contributed by atoms with Crippen LogP contribution < -0.4 is 22.8 Å². The van der Waals surface area contributed by atoms with Gasteiger partial charge in [-0.25, -0.2) is 32.0 Å². The summed E-state index contributed by atoms with van der Waals surface area (Å²) >= 11 is 1.58. The number of aryl methyl sites for hydroxylation is 3.